The highest BCUT2D eigenvalue weighted by molar-refractivity contribution is 9.10. The lowest BCUT2D eigenvalue weighted by Gasteiger charge is -2.06. The predicted octanol–water partition coefficient (Wildman–Crippen LogP) is 5.84. The van der Waals surface area contributed by atoms with Crippen LogP contribution in [0.25, 0.3) is 38.6 Å². The number of thiophene rings is 1. The number of aromatic hydroxyl groups is 1. The number of fused-ring (bicyclic) bond motifs is 1. The Hall–Kier alpha value is -3.16. The first kappa shape index (κ1) is 17.9. The average Bonchev–Trinajstić information content (AvgIpc) is 3.41. The van der Waals surface area contributed by atoms with E-state index in [9.17, 15) is 9.90 Å². The van der Waals surface area contributed by atoms with E-state index in [4.69, 9.17) is 9.52 Å². The maximum atomic E-state index is 12.8. The molecule has 0 radical (unpaired) electrons. The maximum absolute atomic E-state index is 12.8. The molecule has 5 rings (SSSR count). The number of hydrogen-bond donors (Lipinski definition) is 1. The number of benzene rings is 2. The topological polar surface area (TPSA) is 68.3 Å². The minimum atomic E-state index is -0.479. The lowest BCUT2D eigenvalue weighted by Crippen LogP contribution is -2.02. The van der Waals surface area contributed by atoms with Gasteiger partial charge in [-0.3, -0.25) is 4.79 Å². The minimum absolute atomic E-state index is 0.107. The van der Waals surface area contributed by atoms with Crippen LogP contribution in [0.2, 0.25) is 0 Å². The van der Waals surface area contributed by atoms with Crippen molar-refractivity contribution in [3.8, 4) is 33.3 Å². The number of rotatable bonds is 3. The normalized spacial score (nSPS) is 11.2. The number of para-hydroxylation sites is 1. The first-order valence-corrected chi connectivity index (χ1v) is 10.4. The Balaban J connectivity index is 1.80. The molecule has 3 heterocycles. The van der Waals surface area contributed by atoms with Crippen LogP contribution >= 0.6 is 27.3 Å². The van der Waals surface area contributed by atoms with E-state index in [0.29, 0.717) is 22.2 Å². The van der Waals surface area contributed by atoms with E-state index >= 15 is 0 Å². The monoisotopic (exact) mass is 464 g/mol. The van der Waals surface area contributed by atoms with Crippen LogP contribution in [0.5, 0.6) is 5.75 Å². The van der Waals surface area contributed by atoms with Crippen LogP contribution in [-0.2, 0) is 0 Å². The fraction of sp³-hybridized carbons (Fsp3) is 0. The second kappa shape index (κ2) is 7.02. The van der Waals surface area contributed by atoms with Crippen molar-refractivity contribution in [2.45, 2.75) is 0 Å². The highest BCUT2D eigenvalue weighted by Gasteiger charge is 2.23. The molecule has 0 aliphatic rings. The molecule has 3 aromatic heterocycles. The summed E-state index contributed by atoms with van der Waals surface area (Å²) in [6.07, 6.45) is 1.77. The van der Waals surface area contributed by atoms with Gasteiger partial charge in [0.25, 0.3) is 0 Å². The van der Waals surface area contributed by atoms with Gasteiger partial charge in [0.2, 0.25) is 11.2 Å². The van der Waals surface area contributed by atoms with Crippen molar-refractivity contribution in [1.82, 2.24) is 9.78 Å². The van der Waals surface area contributed by atoms with Crippen LogP contribution in [0.15, 0.2) is 85.9 Å². The van der Waals surface area contributed by atoms with Gasteiger partial charge < -0.3 is 9.52 Å². The molecular formula is C22H13BrN2O3S. The second-order valence-corrected chi connectivity index (χ2v) is 8.26. The Labute approximate surface area is 177 Å². The third-order valence-corrected chi connectivity index (χ3v) is 5.93. The van der Waals surface area contributed by atoms with Gasteiger partial charge in [-0.05, 0) is 41.8 Å². The average molecular weight is 465 g/mol. The van der Waals surface area contributed by atoms with Crippen molar-refractivity contribution >= 4 is 38.2 Å². The summed E-state index contributed by atoms with van der Waals surface area (Å²) in [6, 6.07) is 18.7. The third kappa shape index (κ3) is 3.08. The first-order valence-electron chi connectivity index (χ1n) is 8.76. The number of nitrogens with zero attached hydrogens (tertiary/aromatic N) is 2. The molecule has 142 valence electrons. The number of aromatic nitrogens is 2. The van der Waals surface area contributed by atoms with Crippen molar-refractivity contribution in [2.75, 3.05) is 0 Å². The highest BCUT2D eigenvalue weighted by atomic mass is 79.9. The summed E-state index contributed by atoms with van der Waals surface area (Å²) >= 11 is 4.87. The number of halogens is 1. The molecule has 0 bridgehead atoms. The fourth-order valence-corrected chi connectivity index (χ4v) is 4.27. The molecule has 0 unspecified atom stereocenters. The molecule has 0 saturated carbocycles. The summed E-state index contributed by atoms with van der Waals surface area (Å²) < 4.78 is 8.44. The Morgan fingerprint density at radius 1 is 1.07 bits per heavy atom. The van der Waals surface area contributed by atoms with Crippen LogP contribution in [0.1, 0.15) is 0 Å². The molecule has 5 nitrogen and oxygen atoms in total. The van der Waals surface area contributed by atoms with Gasteiger partial charge in [-0.25, -0.2) is 4.68 Å². The molecule has 0 atom stereocenters. The van der Waals surface area contributed by atoms with Crippen LogP contribution < -0.4 is 5.43 Å². The molecular weight excluding hydrogens is 452 g/mol. The molecule has 2 aromatic carbocycles. The van der Waals surface area contributed by atoms with E-state index in [0.717, 1.165) is 15.0 Å². The summed E-state index contributed by atoms with van der Waals surface area (Å²) in [5.74, 6) is -0.323. The molecule has 0 saturated heterocycles. The van der Waals surface area contributed by atoms with Crippen LogP contribution in [0.3, 0.4) is 0 Å². The standard InChI is InChI=1S/C22H13BrN2O3S/c23-13-8-9-17-15(11-13)20(26)21(27)22(28-17)16-12-25(14-5-2-1-3-6-14)24-19(16)18-7-4-10-29-18/h1-12,27H. The van der Waals surface area contributed by atoms with Gasteiger partial charge in [-0.2, -0.15) is 5.10 Å². The molecule has 0 fully saturated rings. The molecule has 0 aliphatic heterocycles. The van der Waals surface area contributed by atoms with Crippen molar-refractivity contribution in [3.05, 3.63) is 86.9 Å². The molecule has 0 spiro atoms. The van der Waals surface area contributed by atoms with Crippen molar-refractivity contribution in [3.63, 3.8) is 0 Å². The molecule has 0 aliphatic carbocycles. The predicted molar refractivity (Wildman–Crippen MR) is 118 cm³/mol. The van der Waals surface area contributed by atoms with Gasteiger partial charge >= 0.3 is 0 Å². The Morgan fingerprint density at radius 2 is 1.90 bits per heavy atom. The van der Waals surface area contributed by atoms with Gasteiger partial charge in [0.15, 0.2) is 5.76 Å². The molecule has 29 heavy (non-hydrogen) atoms. The van der Waals surface area contributed by atoms with Crippen molar-refractivity contribution < 1.29 is 9.52 Å². The lowest BCUT2D eigenvalue weighted by molar-refractivity contribution is 0.449. The van der Waals surface area contributed by atoms with Gasteiger partial charge in [0.05, 0.1) is 21.5 Å². The molecule has 7 heteroatoms. The maximum Gasteiger partial charge on any atom is 0.235 e. The van der Waals surface area contributed by atoms with Gasteiger partial charge in [-0.1, -0.05) is 40.2 Å². The highest BCUT2D eigenvalue weighted by Crippen LogP contribution is 2.38. The number of hydrogen-bond acceptors (Lipinski definition) is 5. The SMILES string of the molecule is O=c1c(O)c(-c2cn(-c3ccccc3)nc2-c2cccs2)oc2ccc(Br)cc12. The molecule has 5 aromatic rings. The summed E-state index contributed by atoms with van der Waals surface area (Å²) in [7, 11) is 0. The van der Waals surface area contributed by atoms with E-state index in [2.05, 4.69) is 15.9 Å². The van der Waals surface area contributed by atoms with E-state index < -0.39 is 11.2 Å². The Bertz CT molecular complexity index is 1390. The molecule has 0 amide bonds. The van der Waals surface area contributed by atoms with Crippen molar-refractivity contribution in [1.29, 1.82) is 0 Å². The lowest BCUT2D eigenvalue weighted by atomic mass is 10.1. The quantitative estimate of drug-likeness (QED) is 0.364. The molecule has 1 N–H and O–H groups in total. The zero-order valence-electron chi connectivity index (χ0n) is 14.9. The van der Waals surface area contributed by atoms with Crippen LogP contribution in [0, 0.1) is 0 Å². The summed E-state index contributed by atoms with van der Waals surface area (Å²) in [4.78, 5) is 13.7. The summed E-state index contributed by atoms with van der Waals surface area (Å²) in [5, 5.41) is 17.7. The van der Waals surface area contributed by atoms with E-state index in [-0.39, 0.29) is 5.76 Å². The minimum Gasteiger partial charge on any atom is -0.502 e. The van der Waals surface area contributed by atoms with Gasteiger partial charge in [0, 0.05) is 10.7 Å². The smallest absolute Gasteiger partial charge is 0.235 e. The van der Waals surface area contributed by atoms with Gasteiger partial charge in [-0.15, -0.1) is 11.3 Å². The fourth-order valence-electron chi connectivity index (χ4n) is 3.19. The largest absolute Gasteiger partial charge is 0.502 e. The summed E-state index contributed by atoms with van der Waals surface area (Å²) in [5.41, 5.74) is 1.97. The van der Waals surface area contributed by atoms with E-state index in [1.807, 2.05) is 47.8 Å². The van der Waals surface area contributed by atoms with E-state index in [1.165, 1.54) is 11.3 Å². The van der Waals surface area contributed by atoms with Gasteiger partial charge in [0.1, 0.15) is 11.3 Å². The first-order chi connectivity index (χ1) is 14.1. The van der Waals surface area contributed by atoms with Crippen LogP contribution in [-0.4, -0.2) is 14.9 Å². The Morgan fingerprint density at radius 3 is 2.66 bits per heavy atom. The van der Waals surface area contributed by atoms with E-state index in [1.54, 1.807) is 29.1 Å². The summed E-state index contributed by atoms with van der Waals surface area (Å²) in [6.45, 7) is 0. The zero-order chi connectivity index (χ0) is 20.0. The zero-order valence-corrected chi connectivity index (χ0v) is 17.3. The van der Waals surface area contributed by atoms with Crippen molar-refractivity contribution in [2.24, 2.45) is 0 Å². The third-order valence-electron chi connectivity index (χ3n) is 4.56. The second-order valence-electron chi connectivity index (χ2n) is 6.40. The van der Waals surface area contributed by atoms with Crippen LogP contribution in [0.4, 0.5) is 0 Å². The Kier molecular flexibility index (Phi) is 4.34.